The minimum absolute atomic E-state index is 0. The number of nitrogens with one attached hydrogen (secondary N) is 2. The number of rotatable bonds is 6. The summed E-state index contributed by atoms with van der Waals surface area (Å²) in [5.41, 5.74) is 3.44. The maximum absolute atomic E-state index is 11.9. The van der Waals surface area contributed by atoms with E-state index in [4.69, 9.17) is 0 Å². The quantitative estimate of drug-likeness (QED) is 0.353. The van der Waals surface area contributed by atoms with Crippen molar-refractivity contribution < 1.29 is 4.79 Å². The molecular weight excluding hydrogens is 475 g/mol. The summed E-state index contributed by atoms with van der Waals surface area (Å²) in [7, 11) is 1.78. The zero-order chi connectivity index (χ0) is 20.0. The van der Waals surface area contributed by atoms with Gasteiger partial charge >= 0.3 is 0 Å². The molecule has 0 bridgehead atoms. The zero-order valence-corrected chi connectivity index (χ0v) is 19.8. The maximum atomic E-state index is 11.9. The lowest BCUT2D eigenvalue weighted by molar-refractivity contribution is -0.117. The Hall–Kier alpha value is -2.09. The average Bonchev–Trinajstić information content (AvgIpc) is 3.15. The Labute approximate surface area is 191 Å². The summed E-state index contributed by atoms with van der Waals surface area (Å²) in [6.07, 6.45) is 1.61. The van der Waals surface area contributed by atoms with E-state index in [0.717, 1.165) is 36.7 Å². The van der Waals surface area contributed by atoms with Gasteiger partial charge in [-0.15, -0.1) is 24.0 Å². The van der Waals surface area contributed by atoms with Crippen LogP contribution in [0.4, 0.5) is 5.69 Å². The van der Waals surface area contributed by atoms with Crippen molar-refractivity contribution in [3.63, 3.8) is 0 Å². The molecule has 1 saturated heterocycles. The van der Waals surface area contributed by atoms with Gasteiger partial charge in [-0.05, 0) is 29.7 Å². The van der Waals surface area contributed by atoms with Crippen LogP contribution in [-0.2, 0) is 16.8 Å². The third kappa shape index (κ3) is 6.19. The number of guanidine groups is 1. The molecule has 29 heavy (non-hydrogen) atoms. The zero-order valence-electron chi connectivity index (χ0n) is 17.4. The Balaban J connectivity index is 0.00000300. The van der Waals surface area contributed by atoms with E-state index in [1.807, 2.05) is 23.1 Å². The van der Waals surface area contributed by atoms with Crippen molar-refractivity contribution in [1.29, 1.82) is 0 Å². The van der Waals surface area contributed by atoms with Crippen molar-refractivity contribution in [2.24, 2.45) is 4.99 Å². The number of amides is 1. The Morgan fingerprint density at radius 2 is 1.76 bits per heavy atom. The highest BCUT2D eigenvalue weighted by atomic mass is 127. The van der Waals surface area contributed by atoms with Crippen LogP contribution in [0.25, 0.3) is 0 Å². The van der Waals surface area contributed by atoms with Gasteiger partial charge in [0.05, 0.1) is 0 Å². The summed E-state index contributed by atoms with van der Waals surface area (Å²) in [5, 5.41) is 6.79. The van der Waals surface area contributed by atoms with Gasteiger partial charge in [-0.1, -0.05) is 56.3 Å². The SMILES string of the molecule is CN=C(NCc1ccc(N2CCCC2=O)cc1)NCC(C)(C)c1ccccc1.I. The van der Waals surface area contributed by atoms with Crippen molar-refractivity contribution in [2.45, 2.75) is 38.6 Å². The molecule has 6 heteroatoms. The van der Waals surface area contributed by atoms with Gasteiger partial charge < -0.3 is 15.5 Å². The molecule has 0 atom stereocenters. The average molecular weight is 506 g/mol. The number of benzene rings is 2. The Kier molecular flexibility index (Phi) is 8.49. The summed E-state index contributed by atoms with van der Waals surface area (Å²) in [5.74, 6) is 0.999. The summed E-state index contributed by atoms with van der Waals surface area (Å²) >= 11 is 0. The molecule has 1 aliphatic rings. The fraction of sp³-hybridized carbons (Fsp3) is 0.391. The summed E-state index contributed by atoms with van der Waals surface area (Å²) in [4.78, 5) is 18.1. The van der Waals surface area contributed by atoms with Crippen molar-refractivity contribution in [2.75, 3.05) is 25.0 Å². The topological polar surface area (TPSA) is 56.7 Å². The highest BCUT2D eigenvalue weighted by molar-refractivity contribution is 14.0. The number of hydrogen-bond acceptors (Lipinski definition) is 2. The fourth-order valence-corrected chi connectivity index (χ4v) is 3.42. The first-order valence-electron chi connectivity index (χ1n) is 9.89. The smallest absolute Gasteiger partial charge is 0.227 e. The highest BCUT2D eigenvalue weighted by Crippen LogP contribution is 2.22. The Morgan fingerprint density at radius 3 is 2.34 bits per heavy atom. The molecule has 1 aliphatic heterocycles. The molecule has 156 valence electrons. The van der Waals surface area contributed by atoms with E-state index in [1.54, 1.807) is 7.05 Å². The molecule has 0 aromatic heterocycles. The van der Waals surface area contributed by atoms with Crippen LogP contribution >= 0.6 is 24.0 Å². The molecule has 2 aromatic rings. The van der Waals surface area contributed by atoms with E-state index in [2.05, 4.69) is 65.9 Å². The number of anilines is 1. The van der Waals surface area contributed by atoms with Crippen molar-refractivity contribution in [3.8, 4) is 0 Å². The van der Waals surface area contributed by atoms with E-state index in [0.29, 0.717) is 13.0 Å². The lowest BCUT2D eigenvalue weighted by Crippen LogP contribution is -2.43. The summed E-state index contributed by atoms with van der Waals surface area (Å²) in [6.45, 7) is 6.73. The second kappa shape index (κ2) is 10.6. The van der Waals surface area contributed by atoms with Crippen molar-refractivity contribution in [1.82, 2.24) is 10.6 Å². The van der Waals surface area contributed by atoms with Gasteiger partial charge in [0.15, 0.2) is 5.96 Å². The third-order valence-electron chi connectivity index (χ3n) is 5.26. The first kappa shape index (κ1) is 23.2. The number of carbonyl (C=O) groups is 1. The molecule has 0 aliphatic carbocycles. The number of nitrogens with zero attached hydrogens (tertiary/aromatic N) is 2. The molecule has 1 amide bonds. The molecule has 5 nitrogen and oxygen atoms in total. The van der Waals surface area contributed by atoms with Crippen LogP contribution in [0.5, 0.6) is 0 Å². The van der Waals surface area contributed by atoms with Gasteiger partial charge in [0.2, 0.25) is 5.91 Å². The minimum atomic E-state index is 0. The molecule has 2 aromatic carbocycles. The van der Waals surface area contributed by atoms with E-state index in [9.17, 15) is 4.79 Å². The van der Waals surface area contributed by atoms with Gasteiger partial charge in [0.1, 0.15) is 0 Å². The molecule has 0 spiro atoms. The van der Waals surface area contributed by atoms with E-state index in [-0.39, 0.29) is 35.3 Å². The maximum Gasteiger partial charge on any atom is 0.227 e. The van der Waals surface area contributed by atoms with E-state index < -0.39 is 0 Å². The lowest BCUT2D eigenvalue weighted by Gasteiger charge is -2.26. The molecular formula is C23H31IN4O. The first-order chi connectivity index (χ1) is 13.5. The monoisotopic (exact) mass is 506 g/mol. The third-order valence-corrected chi connectivity index (χ3v) is 5.26. The van der Waals surface area contributed by atoms with Gasteiger partial charge in [-0.3, -0.25) is 9.79 Å². The number of aliphatic imine (C=N–C) groups is 1. The predicted octanol–water partition coefficient (Wildman–Crippen LogP) is 4.07. The normalized spacial score (nSPS) is 14.5. The highest BCUT2D eigenvalue weighted by Gasteiger charge is 2.22. The number of carbonyl (C=O) groups excluding carboxylic acids is 1. The van der Waals surface area contributed by atoms with Crippen LogP contribution in [0.3, 0.4) is 0 Å². The molecule has 3 rings (SSSR count). The largest absolute Gasteiger partial charge is 0.356 e. The molecule has 1 fully saturated rings. The predicted molar refractivity (Wildman–Crippen MR) is 131 cm³/mol. The lowest BCUT2D eigenvalue weighted by atomic mass is 9.85. The van der Waals surface area contributed by atoms with Gasteiger partial charge in [-0.25, -0.2) is 0 Å². The second-order valence-corrected chi connectivity index (χ2v) is 7.84. The summed E-state index contributed by atoms with van der Waals surface area (Å²) in [6, 6.07) is 18.7. The standard InChI is InChI=1S/C23H30N4O.HI/c1-23(2,19-8-5-4-6-9-19)17-26-22(24-3)25-16-18-11-13-20(14-12-18)27-15-7-10-21(27)28;/h4-6,8-9,11-14H,7,10,15-17H2,1-3H3,(H2,24,25,26);1H. The first-order valence-corrected chi connectivity index (χ1v) is 9.89. The van der Waals surface area contributed by atoms with Crippen LogP contribution in [0.15, 0.2) is 59.6 Å². The van der Waals surface area contributed by atoms with E-state index >= 15 is 0 Å². The van der Waals surface area contributed by atoms with E-state index in [1.165, 1.54) is 5.56 Å². The van der Waals surface area contributed by atoms with Crippen LogP contribution < -0.4 is 15.5 Å². The van der Waals surface area contributed by atoms with Gasteiger partial charge in [0, 0.05) is 44.2 Å². The molecule has 0 unspecified atom stereocenters. The summed E-state index contributed by atoms with van der Waals surface area (Å²) < 4.78 is 0. The fourth-order valence-electron chi connectivity index (χ4n) is 3.42. The van der Waals surface area contributed by atoms with Gasteiger partial charge in [-0.2, -0.15) is 0 Å². The minimum Gasteiger partial charge on any atom is -0.356 e. The van der Waals surface area contributed by atoms with Crippen LogP contribution in [0.2, 0.25) is 0 Å². The van der Waals surface area contributed by atoms with Gasteiger partial charge in [0.25, 0.3) is 0 Å². The van der Waals surface area contributed by atoms with Crippen molar-refractivity contribution in [3.05, 3.63) is 65.7 Å². The van der Waals surface area contributed by atoms with Crippen LogP contribution in [0.1, 0.15) is 37.8 Å². The Bertz CT molecular complexity index is 819. The molecule has 0 saturated carbocycles. The molecule has 2 N–H and O–H groups in total. The Morgan fingerprint density at radius 1 is 1.07 bits per heavy atom. The van der Waals surface area contributed by atoms with Crippen LogP contribution in [-0.4, -0.2) is 32.0 Å². The van der Waals surface area contributed by atoms with Crippen molar-refractivity contribution >= 4 is 41.5 Å². The second-order valence-electron chi connectivity index (χ2n) is 7.84. The molecule has 1 heterocycles. The molecule has 0 radical (unpaired) electrons. The number of halogens is 1. The number of hydrogen-bond donors (Lipinski definition) is 2. The van der Waals surface area contributed by atoms with Crippen LogP contribution in [0, 0.1) is 0 Å².